The Bertz CT molecular complexity index is 511. The van der Waals surface area contributed by atoms with Gasteiger partial charge >= 0.3 is 0 Å². The van der Waals surface area contributed by atoms with Crippen LogP contribution in [-0.2, 0) is 6.42 Å². The largest absolute Gasteiger partial charge is 0.497 e. The molecule has 6 heteroatoms. The number of nitrogens with zero attached hydrogens (tertiary/aromatic N) is 2. The van der Waals surface area contributed by atoms with Gasteiger partial charge in [0, 0.05) is 6.54 Å². The molecule has 2 aromatic rings. The van der Waals surface area contributed by atoms with Crippen molar-refractivity contribution in [3.63, 3.8) is 0 Å². The number of amides is 1. The second-order valence-electron chi connectivity index (χ2n) is 3.69. The molecule has 1 aromatic heterocycles. The first-order valence-electron chi connectivity index (χ1n) is 5.56. The van der Waals surface area contributed by atoms with E-state index < -0.39 is 0 Å². The molecule has 1 heterocycles. The van der Waals surface area contributed by atoms with Gasteiger partial charge in [0.15, 0.2) is 0 Å². The van der Waals surface area contributed by atoms with Gasteiger partial charge in [-0.1, -0.05) is 12.1 Å². The summed E-state index contributed by atoms with van der Waals surface area (Å²) >= 11 is 0. The quantitative estimate of drug-likeness (QED) is 0.817. The molecule has 0 spiro atoms. The number of carbonyl (C=O) groups is 1. The zero-order valence-corrected chi connectivity index (χ0v) is 10.0. The summed E-state index contributed by atoms with van der Waals surface area (Å²) in [6.45, 7) is 0.534. The fraction of sp³-hybridized carbons (Fsp3) is 0.250. The van der Waals surface area contributed by atoms with Gasteiger partial charge in [-0.05, 0) is 24.1 Å². The fourth-order valence-electron chi connectivity index (χ4n) is 1.55. The number of ether oxygens (including phenoxy) is 1. The Morgan fingerprint density at radius 3 is 3.11 bits per heavy atom. The monoisotopic (exact) mass is 246 g/mol. The van der Waals surface area contributed by atoms with Crippen LogP contribution in [0.5, 0.6) is 5.75 Å². The summed E-state index contributed by atoms with van der Waals surface area (Å²) in [5, 5.41) is 8.89. The van der Waals surface area contributed by atoms with Gasteiger partial charge in [0.05, 0.1) is 7.11 Å². The predicted molar refractivity (Wildman–Crippen MR) is 65.4 cm³/mol. The maximum absolute atomic E-state index is 11.5. The van der Waals surface area contributed by atoms with E-state index in [4.69, 9.17) is 4.74 Å². The van der Waals surface area contributed by atoms with E-state index in [1.165, 1.54) is 6.33 Å². The molecule has 0 aliphatic heterocycles. The van der Waals surface area contributed by atoms with Crippen molar-refractivity contribution in [2.45, 2.75) is 6.42 Å². The van der Waals surface area contributed by atoms with Crippen molar-refractivity contribution in [2.24, 2.45) is 0 Å². The second kappa shape index (κ2) is 5.81. The van der Waals surface area contributed by atoms with Crippen LogP contribution in [0, 0.1) is 0 Å². The summed E-state index contributed by atoms with van der Waals surface area (Å²) < 4.78 is 5.13. The van der Waals surface area contributed by atoms with E-state index in [2.05, 4.69) is 20.5 Å². The minimum Gasteiger partial charge on any atom is -0.497 e. The number of hydrogen-bond acceptors (Lipinski definition) is 4. The number of aromatic nitrogens is 3. The van der Waals surface area contributed by atoms with Crippen molar-refractivity contribution in [2.75, 3.05) is 13.7 Å². The van der Waals surface area contributed by atoms with Gasteiger partial charge in [-0.2, -0.15) is 5.10 Å². The van der Waals surface area contributed by atoms with Crippen LogP contribution in [0.15, 0.2) is 30.6 Å². The molecule has 18 heavy (non-hydrogen) atoms. The minimum atomic E-state index is -0.254. The lowest BCUT2D eigenvalue weighted by Crippen LogP contribution is -2.26. The first-order valence-corrected chi connectivity index (χ1v) is 5.56. The highest BCUT2D eigenvalue weighted by atomic mass is 16.5. The second-order valence-corrected chi connectivity index (χ2v) is 3.69. The normalized spacial score (nSPS) is 10.1. The molecule has 0 unspecified atom stereocenters. The Kier molecular flexibility index (Phi) is 3.90. The molecule has 1 aromatic carbocycles. The molecular weight excluding hydrogens is 232 g/mol. The number of carbonyl (C=O) groups excluding carboxylic acids is 1. The van der Waals surface area contributed by atoms with Crippen molar-refractivity contribution >= 4 is 5.91 Å². The first kappa shape index (κ1) is 12.1. The van der Waals surface area contributed by atoms with Gasteiger partial charge in [0.2, 0.25) is 5.82 Å². The fourth-order valence-corrected chi connectivity index (χ4v) is 1.55. The molecule has 0 radical (unpaired) electrons. The van der Waals surface area contributed by atoms with Crippen LogP contribution in [0.2, 0.25) is 0 Å². The predicted octanol–water partition coefficient (Wildman–Crippen LogP) is 0.786. The highest BCUT2D eigenvalue weighted by Gasteiger charge is 2.07. The van der Waals surface area contributed by atoms with E-state index in [-0.39, 0.29) is 11.7 Å². The Balaban J connectivity index is 1.83. The lowest BCUT2D eigenvalue weighted by atomic mass is 10.1. The van der Waals surface area contributed by atoms with Crippen LogP contribution in [0.4, 0.5) is 0 Å². The summed E-state index contributed by atoms with van der Waals surface area (Å²) in [7, 11) is 1.63. The van der Waals surface area contributed by atoms with Crippen LogP contribution in [0.3, 0.4) is 0 Å². The lowest BCUT2D eigenvalue weighted by Gasteiger charge is -2.05. The van der Waals surface area contributed by atoms with Crippen molar-refractivity contribution in [1.29, 1.82) is 0 Å². The van der Waals surface area contributed by atoms with E-state index in [1.54, 1.807) is 7.11 Å². The first-order chi connectivity index (χ1) is 8.79. The van der Waals surface area contributed by atoms with E-state index >= 15 is 0 Å². The van der Waals surface area contributed by atoms with Crippen molar-refractivity contribution in [3.05, 3.63) is 42.0 Å². The lowest BCUT2D eigenvalue weighted by molar-refractivity contribution is 0.0944. The highest BCUT2D eigenvalue weighted by Crippen LogP contribution is 2.12. The number of hydrogen-bond donors (Lipinski definition) is 2. The summed E-state index contributed by atoms with van der Waals surface area (Å²) in [5.41, 5.74) is 1.10. The Morgan fingerprint density at radius 2 is 2.39 bits per heavy atom. The summed E-state index contributed by atoms with van der Waals surface area (Å²) in [6.07, 6.45) is 2.04. The summed E-state index contributed by atoms with van der Waals surface area (Å²) in [6, 6.07) is 7.74. The van der Waals surface area contributed by atoms with Gasteiger partial charge in [-0.25, -0.2) is 4.98 Å². The van der Waals surface area contributed by atoms with Crippen LogP contribution in [-0.4, -0.2) is 34.7 Å². The smallest absolute Gasteiger partial charge is 0.288 e. The van der Waals surface area contributed by atoms with E-state index in [0.29, 0.717) is 6.54 Å². The molecule has 1 amide bonds. The summed E-state index contributed by atoms with van der Waals surface area (Å²) in [5.74, 6) is 0.782. The third kappa shape index (κ3) is 3.07. The van der Waals surface area contributed by atoms with Crippen molar-refractivity contribution in [1.82, 2.24) is 20.5 Å². The highest BCUT2D eigenvalue weighted by molar-refractivity contribution is 5.90. The molecule has 0 saturated carbocycles. The van der Waals surface area contributed by atoms with Crippen LogP contribution in [0.1, 0.15) is 16.2 Å². The van der Waals surface area contributed by atoms with Gasteiger partial charge in [0.25, 0.3) is 5.91 Å². The maximum atomic E-state index is 11.5. The van der Waals surface area contributed by atoms with E-state index in [0.717, 1.165) is 17.7 Å². The third-order valence-corrected chi connectivity index (χ3v) is 2.46. The van der Waals surface area contributed by atoms with Crippen molar-refractivity contribution in [3.8, 4) is 5.75 Å². The molecule has 2 rings (SSSR count). The van der Waals surface area contributed by atoms with Gasteiger partial charge in [0.1, 0.15) is 12.1 Å². The van der Waals surface area contributed by atoms with E-state index in [9.17, 15) is 4.79 Å². The number of aromatic amines is 1. The maximum Gasteiger partial charge on any atom is 0.288 e. The Morgan fingerprint density at radius 1 is 1.50 bits per heavy atom. The molecular formula is C12H14N4O2. The molecule has 0 fully saturated rings. The molecule has 2 N–H and O–H groups in total. The number of benzene rings is 1. The number of nitrogens with one attached hydrogen (secondary N) is 2. The number of H-pyrrole nitrogens is 1. The van der Waals surface area contributed by atoms with Crippen LogP contribution in [0.25, 0.3) is 0 Å². The Hall–Kier alpha value is -2.37. The molecule has 94 valence electrons. The molecule has 0 aliphatic rings. The van der Waals surface area contributed by atoms with Crippen LogP contribution >= 0.6 is 0 Å². The molecule has 6 nitrogen and oxygen atoms in total. The number of rotatable bonds is 5. The summed E-state index contributed by atoms with van der Waals surface area (Å²) in [4.78, 5) is 15.3. The molecule has 0 aliphatic carbocycles. The van der Waals surface area contributed by atoms with Crippen LogP contribution < -0.4 is 10.1 Å². The zero-order chi connectivity index (χ0) is 12.8. The van der Waals surface area contributed by atoms with E-state index in [1.807, 2.05) is 24.3 Å². The van der Waals surface area contributed by atoms with Crippen molar-refractivity contribution < 1.29 is 9.53 Å². The third-order valence-electron chi connectivity index (χ3n) is 2.46. The number of methoxy groups -OCH3 is 1. The molecule has 0 atom stereocenters. The zero-order valence-electron chi connectivity index (χ0n) is 10.0. The average Bonchev–Trinajstić information content (AvgIpc) is 2.93. The topological polar surface area (TPSA) is 79.9 Å². The molecule has 0 bridgehead atoms. The SMILES string of the molecule is COc1cccc(CCNC(=O)c2ncn[nH]2)c1. The minimum absolute atomic E-state index is 0.223. The van der Waals surface area contributed by atoms with Gasteiger partial charge in [-0.3, -0.25) is 9.89 Å². The van der Waals surface area contributed by atoms with Gasteiger partial charge < -0.3 is 10.1 Å². The average molecular weight is 246 g/mol. The standard InChI is InChI=1S/C12H14N4O2/c1-18-10-4-2-3-9(7-10)5-6-13-12(17)11-14-8-15-16-11/h2-4,7-8H,5-6H2,1H3,(H,13,17)(H,14,15,16). The Labute approximate surface area is 104 Å². The molecule has 0 saturated heterocycles. The van der Waals surface area contributed by atoms with Gasteiger partial charge in [-0.15, -0.1) is 0 Å².